The highest BCUT2D eigenvalue weighted by atomic mass is 127. The summed E-state index contributed by atoms with van der Waals surface area (Å²) in [5.41, 5.74) is 0. The smallest absolute Gasteiger partial charge is 0.0704 e. The lowest BCUT2D eigenvalue weighted by Crippen LogP contribution is -2.14. The van der Waals surface area contributed by atoms with Crippen LogP contribution in [0.5, 0.6) is 0 Å². The molecule has 0 saturated heterocycles. The van der Waals surface area contributed by atoms with Gasteiger partial charge in [0.15, 0.2) is 0 Å². The van der Waals surface area contributed by atoms with Gasteiger partial charge in [0.05, 0.1) is 79.3 Å². The van der Waals surface area contributed by atoms with Gasteiger partial charge in [-0.3, -0.25) is 0 Å². The van der Waals surface area contributed by atoms with E-state index in [1.54, 1.807) is 6.08 Å². The molecule has 0 aromatic heterocycles. The van der Waals surface area contributed by atoms with Crippen molar-refractivity contribution in [2.24, 2.45) is 0 Å². The SMILES string of the molecule is C=CCOCCOCCOCCOCCOCCOCCI. The summed E-state index contributed by atoms with van der Waals surface area (Å²) in [7, 11) is 0. The summed E-state index contributed by atoms with van der Waals surface area (Å²) < 4.78 is 32.9. The van der Waals surface area contributed by atoms with E-state index in [1.807, 2.05) is 0 Å². The van der Waals surface area contributed by atoms with Crippen LogP contribution in [-0.4, -0.2) is 83.7 Å². The van der Waals surface area contributed by atoms with Crippen LogP contribution in [0.2, 0.25) is 0 Å². The second-order valence-corrected chi connectivity index (χ2v) is 5.19. The van der Waals surface area contributed by atoms with Crippen LogP contribution in [0, 0.1) is 0 Å². The topological polar surface area (TPSA) is 55.4 Å². The van der Waals surface area contributed by atoms with E-state index in [0.717, 1.165) is 11.0 Å². The van der Waals surface area contributed by atoms with Gasteiger partial charge >= 0.3 is 0 Å². The molecule has 0 aromatic rings. The van der Waals surface area contributed by atoms with Crippen LogP contribution < -0.4 is 0 Å². The molecule has 0 aliphatic carbocycles. The van der Waals surface area contributed by atoms with Crippen molar-refractivity contribution in [1.82, 2.24) is 0 Å². The predicted octanol–water partition coefficient (Wildman–Crippen LogP) is 1.71. The Bertz CT molecular complexity index is 218. The summed E-state index contributed by atoms with van der Waals surface area (Å²) in [4.78, 5) is 0. The second kappa shape index (κ2) is 21.2. The molecule has 0 aliphatic heterocycles. The molecule has 0 amide bonds. The first-order valence-electron chi connectivity index (χ1n) is 7.55. The summed E-state index contributed by atoms with van der Waals surface area (Å²) in [6, 6.07) is 0. The summed E-state index contributed by atoms with van der Waals surface area (Å²) in [6.45, 7) is 10.7. The first-order valence-corrected chi connectivity index (χ1v) is 9.07. The van der Waals surface area contributed by atoms with E-state index in [9.17, 15) is 0 Å². The lowest BCUT2D eigenvalue weighted by molar-refractivity contribution is -0.0149. The average Bonchev–Trinajstić information content (AvgIpc) is 2.54. The molecule has 0 saturated carbocycles. The number of ether oxygens (including phenoxy) is 6. The molecule has 0 rings (SSSR count). The Morgan fingerprint density at radius 3 is 1.18 bits per heavy atom. The fraction of sp³-hybridized carbons (Fsp3) is 0.867. The second-order valence-electron chi connectivity index (χ2n) is 4.11. The number of alkyl halides is 1. The largest absolute Gasteiger partial charge is 0.378 e. The fourth-order valence-electron chi connectivity index (χ4n) is 1.32. The number of hydrogen-bond donors (Lipinski definition) is 0. The van der Waals surface area contributed by atoms with Crippen LogP contribution in [-0.2, 0) is 28.4 Å². The molecule has 0 atom stereocenters. The lowest BCUT2D eigenvalue weighted by atomic mass is 10.6. The molecule has 0 aliphatic rings. The normalized spacial score (nSPS) is 11.0. The zero-order valence-corrected chi connectivity index (χ0v) is 15.5. The van der Waals surface area contributed by atoms with Crippen LogP contribution in [0.4, 0.5) is 0 Å². The molecule has 0 N–H and O–H groups in total. The summed E-state index contributed by atoms with van der Waals surface area (Å²) in [6.07, 6.45) is 1.72. The minimum Gasteiger partial charge on any atom is -0.378 e. The van der Waals surface area contributed by atoms with Gasteiger partial charge in [0.1, 0.15) is 0 Å². The first-order chi connectivity index (χ1) is 10.9. The minimum absolute atomic E-state index is 0.562. The van der Waals surface area contributed by atoms with Gasteiger partial charge in [-0.25, -0.2) is 0 Å². The molecule has 0 heterocycles. The molecule has 0 fully saturated rings. The van der Waals surface area contributed by atoms with Crippen molar-refractivity contribution >= 4 is 22.6 Å². The van der Waals surface area contributed by atoms with E-state index in [0.29, 0.717) is 72.7 Å². The number of halogens is 1. The standard InChI is InChI=1S/C15H29IO6/c1-2-4-17-6-8-19-10-12-21-14-15-22-13-11-20-9-7-18-5-3-16/h2H,1,3-15H2. The van der Waals surface area contributed by atoms with Gasteiger partial charge in [-0.05, 0) is 0 Å². The fourth-order valence-corrected chi connectivity index (χ4v) is 1.63. The maximum absolute atomic E-state index is 5.37. The Hall–Kier alpha value is 0.230. The molecular formula is C15H29IO6. The third-order valence-corrected chi connectivity index (χ3v) is 2.76. The monoisotopic (exact) mass is 432 g/mol. The van der Waals surface area contributed by atoms with Crippen molar-refractivity contribution < 1.29 is 28.4 Å². The first kappa shape index (κ1) is 22.2. The molecule has 0 spiro atoms. The lowest BCUT2D eigenvalue weighted by Gasteiger charge is -2.07. The molecule has 132 valence electrons. The molecule has 0 unspecified atom stereocenters. The Labute approximate surface area is 147 Å². The Morgan fingerprint density at radius 1 is 0.545 bits per heavy atom. The van der Waals surface area contributed by atoms with Gasteiger partial charge in [0.2, 0.25) is 0 Å². The molecule has 0 bridgehead atoms. The molecule has 0 aromatic carbocycles. The molecule has 7 heteroatoms. The van der Waals surface area contributed by atoms with Crippen LogP contribution in [0.15, 0.2) is 12.7 Å². The van der Waals surface area contributed by atoms with E-state index in [-0.39, 0.29) is 0 Å². The Morgan fingerprint density at radius 2 is 0.864 bits per heavy atom. The van der Waals surface area contributed by atoms with E-state index in [1.165, 1.54) is 0 Å². The van der Waals surface area contributed by atoms with Gasteiger partial charge in [0, 0.05) is 4.43 Å². The molecular weight excluding hydrogens is 403 g/mol. The van der Waals surface area contributed by atoms with Crippen LogP contribution in [0.3, 0.4) is 0 Å². The third kappa shape index (κ3) is 20.2. The van der Waals surface area contributed by atoms with Gasteiger partial charge in [-0.2, -0.15) is 0 Å². The van der Waals surface area contributed by atoms with Crippen molar-refractivity contribution in [1.29, 1.82) is 0 Å². The van der Waals surface area contributed by atoms with Crippen molar-refractivity contribution in [2.45, 2.75) is 0 Å². The number of rotatable bonds is 19. The number of hydrogen-bond acceptors (Lipinski definition) is 6. The molecule has 22 heavy (non-hydrogen) atoms. The summed E-state index contributed by atoms with van der Waals surface area (Å²) >= 11 is 2.28. The highest BCUT2D eigenvalue weighted by molar-refractivity contribution is 14.1. The van der Waals surface area contributed by atoms with Crippen molar-refractivity contribution in [3.8, 4) is 0 Å². The Kier molecular flexibility index (Phi) is 21.5. The van der Waals surface area contributed by atoms with Gasteiger partial charge in [0.25, 0.3) is 0 Å². The van der Waals surface area contributed by atoms with Crippen LogP contribution in [0.1, 0.15) is 0 Å². The highest BCUT2D eigenvalue weighted by Gasteiger charge is 1.93. The predicted molar refractivity (Wildman–Crippen MR) is 94.0 cm³/mol. The molecule has 0 radical (unpaired) electrons. The van der Waals surface area contributed by atoms with Crippen LogP contribution in [0.25, 0.3) is 0 Å². The van der Waals surface area contributed by atoms with Crippen molar-refractivity contribution in [3.05, 3.63) is 12.7 Å². The molecule has 6 nitrogen and oxygen atoms in total. The minimum atomic E-state index is 0.562. The Balaban J connectivity index is 2.92. The van der Waals surface area contributed by atoms with Gasteiger partial charge < -0.3 is 28.4 Å². The third-order valence-electron chi connectivity index (χ3n) is 2.32. The quantitative estimate of drug-likeness (QED) is 0.134. The van der Waals surface area contributed by atoms with E-state index < -0.39 is 0 Å². The van der Waals surface area contributed by atoms with Crippen LogP contribution >= 0.6 is 22.6 Å². The van der Waals surface area contributed by atoms with E-state index >= 15 is 0 Å². The maximum atomic E-state index is 5.37. The van der Waals surface area contributed by atoms with Gasteiger partial charge in [-0.15, -0.1) is 6.58 Å². The van der Waals surface area contributed by atoms with Crippen molar-refractivity contribution in [3.63, 3.8) is 0 Å². The zero-order valence-electron chi connectivity index (χ0n) is 13.3. The maximum Gasteiger partial charge on any atom is 0.0704 e. The van der Waals surface area contributed by atoms with E-state index in [2.05, 4.69) is 29.2 Å². The van der Waals surface area contributed by atoms with Gasteiger partial charge in [-0.1, -0.05) is 28.7 Å². The summed E-state index contributed by atoms with van der Waals surface area (Å²) in [5.74, 6) is 0. The average molecular weight is 432 g/mol. The zero-order chi connectivity index (χ0) is 16.1. The van der Waals surface area contributed by atoms with E-state index in [4.69, 9.17) is 28.4 Å². The van der Waals surface area contributed by atoms with Crippen molar-refractivity contribution in [2.75, 3.05) is 83.7 Å². The highest BCUT2D eigenvalue weighted by Crippen LogP contribution is 1.85. The summed E-state index contributed by atoms with van der Waals surface area (Å²) in [5, 5.41) is 0.